The summed E-state index contributed by atoms with van der Waals surface area (Å²) in [5, 5.41) is 4.52. The summed E-state index contributed by atoms with van der Waals surface area (Å²) in [5.41, 5.74) is 0.702. The highest BCUT2D eigenvalue weighted by Crippen LogP contribution is 2.48. The number of alkyl halides is 2. The number of Topliss-reactive ketones (excluding diaryl/α,β-unsaturated/α-hetero) is 1. The molecule has 1 aliphatic heterocycles. The Bertz CT molecular complexity index is 917. The van der Waals surface area contributed by atoms with Crippen molar-refractivity contribution < 1.29 is 22.9 Å². The summed E-state index contributed by atoms with van der Waals surface area (Å²) < 4.78 is 40.4. The molecule has 6 nitrogen and oxygen atoms in total. The van der Waals surface area contributed by atoms with Crippen molar-refractivity contribution in [3.05, 3.63) is 23.5 Å². The third-order valence-electron chi connectivity index (χ3n) is 5.84. The van der Waals surface area contributed by atoms with Crippen LogP contribution in [0.15, 0.2) is 12.1 Å². The molecule has 2 aromatic heterocycles. The van der Waals surface area contributed by atoms with E-state index in [0.717, 1.165) is 0 Å². The number of hydrogen-bond donors (Lipinski definition) is 0. The molecule has 0 N–H and O–H groups in total. The molecular formula is C18H22BF2N3O3. The largest absolute Gasteiger partial charge is 0.516 e. The summed E-state index contributed by atoms with van der Waals surface area (Å²) in [6, 6.07) is 3.26. The Morgan fingerprint density at radius 1 is 1.19 bits per heavy atom. The number of fused-ring (bicyclic) bond motifs is 1. The van der Waals surface area contributed by atoms with E-state index in [-0.39, 0.29) is 30.2 Å². The zero-order valence-corrected chi connectivity index (χ0v) is 16.0. The van der Waals surface area contributed by atoms with Crippen LogP contribution in [-0.4, -0.2) is 44.6 Å². The second-order valence-corrected chi connectivity index (χ2v) is 8.51. The van der Waals surface area contributed by atoms with Crippen LogP contribution < -0.4 is 5.59 Å². The number of carbonyl (C=O) groups excluding carboxylic acids is 1. The molecule has 0 bridgehead atoms. The molecule has 1 aliphatic carbocycles. The van der Waals surface area contributed by atoms with Gasteiger partial charge in [0.05, 0.1) is 22.5 Å². The molecule has 144 valence electrons. The predicted molar refractivity (Wildman–Crippen MR) is 95.6 cm³/mol. The van der Waals surface area contributed by atoms with Crippen LogP contribution in [0.4, 0.5) is 8.78 Å². The van der Waals surface area contributed by atoms with Crippen molar-refractivity contribution in [2.24, 2.45) is 0 Å². The van der Waals surface area contributed by atoms with Gasteiger partial charge in [-0.1, -0.05) is 0 Å². The van der Waals surface area contributed by atoms with Crippen LogP contribution in [0.1, 0.15) is 69.6 Å². The molecule has 0 atom stereocenters. The van der Waals surface area contributed by atoms with Crippen LogP contribution in [0.5, 0.6) is 0 Å². The molecule has 9 heteroatoms. The van der Waals surface area contributed by atoms with E-state index in [4.69, 9.17) is 9.31 Å². The van der Waals surface area contributed by atoms with Gasteiger partial charge in [-0.25, -0.2) is 18.3 Å². The maximum Gasteiger partial charge on any atom is 0.516 e. The van der Waals surface area contributed by atoms with Crippen molar-refractivity contribution in [1.82, 2.24) is 14.6 Å². The van der Waals surface area contributed by atoms with Crippen molar-refractivity contribution in [2.45, 2.75) is 70.5 Å². The first-order valence-corrected chi connectivity index (χ1v) is 9.04. The zero-order chi connectivity index (χ0) is 19.8. The van der Waals surface area contributed by atoms with E-state index in [9.17, 15) is 13.6 Å². The van der Waals surface area contributed by atoms with E-state index in [1.807, 2.05) is 27.7 Å². The molecular weight excluding hydrogens is 355 g/mol. The highest BCUT2D eigenvalue weighted by Gasteiger charge is 2.53. The second kappa shape index (κ2) is 5.58. The standard InChI is InChI=1S/C18H22BF2N3O3/c1-10(25)12-6-13(11-8-18(20,21)9-11)24-15(22-12)7-14(23-24)19-26-16(2,3)17(4,5)27-19/h6-7,11H,8-9H2,1-5H3. The molecule has 27 heavy (non-hydrogen) atoms. The predicted octanol–water partition coefficient (Wildman–Crippen LogP) is 2.74. The Labute approximate surface area is 156 Å². The monoisotopic (exact) mass is 377 g/mol. The molecule has 1 saturated carbocycles. The molecule has 3 heterocycles. The number of halogens is 2. The Morgan fingerprint density at radius 2 is 1.78 bits per heavy atom. The maximum atomic E-state index is 13.4. The summed E-state index contributed by atoms with van der Waals surface area (Å²) in [6.45, 7) is 9.17. The average Bonchev–Trinajstić information content (AvgIpc) is 3.02. The number of hydrogen-bond acceptors (Lipinski definition) is 5. The summed E-state index contributed by atoms with van der Waals surface area (Å²) in [4.78, 5) is 16.2. The summed E-state index contributed by atoms with van der Waals surface area (Å²) in [6.07, 6.45) is -0.510. The molecule has 0 spiro atoms. The first kappa shape index (κ1) is 18.5. The number of aromatic nitrogens is 3. The lowest BCUT2D eigenvalue weighted by molar-refractivity contribution is -0.0879. The van der Waals surface area contributed by atoms with Gasteiger partial charge in [0.25, 0.3) is 0 Å². The minimum absolute atomic E-state index is 0.219. The van der Waals surface area contributed by atoms with Crippen LogP contribution in [0.2, 0.25) is 0 Å². The van der Waals surface area contributed by atoms with E-state index in [1.165, 1.54) is 11.4 Å². The number of rotatable bonds is 3. The van der Waals surface area contributed by atoms with Gasteiger partial charge in [0.15, 0.2) is 11.4 Å². The highest BCUT2D eigenvalue weighted by atomic mass is 19.3. The maximum absolute atomic E-state index is 13.4. The van der Waals surface area contributed by atoms with E-state index in [0.29, 0.717) is 16.9 Å². The molecule has 2 aromatic rings. The van der Waals surface area contributed by atoms with Crippen LogP contribution in [-0.2, 0) is 9.31 Å². The summed E-state index contributed by atoms with van der Waals surface area (Å²) in [5.74, 6) is -3.25. The zero-order valence-electron chi connectivity index (χ0n) is 16.0. The van der Waals surface area contributed by atoms with Crippen LogP contribution in [0, 0.1) is 0 Å². The van der Waals surface area contributed by atoms with Gasteiger partial charge < -0.3 is 9.31 Å². The molecule has 0 amide bonds. The minimum Gasteiger partial charge on any atom is -0.398 e. The molecule has 0 aromatic carbocycles. The van der Waals surface area contributed by atoms with Crippen molar-refractivity contribution in [2.75, 3.05) is 0 Å². The van der Waals surface area contributed by atoms with Crippen molar-refractivity contribution in [1.29, 1.82) is 0 Å². The van der Waals surface area contributed by atoms with E-state index in [2.05, 4.69) is 10.1 Å². The van der Waals surface area contributed by atoms with E-state index < -0.39 is 24.2 Å². The minimum atomic E-state index is -2.67. The van der Waals surface area contributed by atoms with E-state index in [1.54, 1.807) is 12.1 Å². The van der Waals surface area contributed by atoms with Gasteiger partial charge in [0.1, 0.15) is 5.69 Å². The lowest BCUT2D eigenvalue weighted by Crippen LogP contribution is -2.41. The van der Waals surface area contributed by atoms with Gasteiger partial charge in [-0.05, 0) is 33.8 Å². The fourth-order valence-corrected chi connectivity index (χ4v) is 3.44. The first-order chi connectivity index (χ1) is 12.4. The average molecular weight is 377 g/mol. The van der Waals surface area contributed by atoms with Crippen LogP contribution in [0.25, 0.3) is 5.65 Å². The molecule has 2 aliphatic rings. The highest BCUT2D eigenvalue weighted by molar-refractivity contribution is 6.61. The fraction of sp³-hybridized carbons (Fsp3) is 0.611. The Kier molecular flexibility index (Phi) is 3.82. The van der Waals surface area contributed by atoms with Crippen molar-refractivity contribution in [3.63, 3.8) is 0 Å². The normalized spacial score (nSPS) is 23.6. The van der Waals surface area contributed by atoms with Gasteiger partial charge in [0, 0.05) is 31.7 Å². The number of ketones is 1. The van der Waals surface area contributed by atoms with Gasteiger partial charge in [-0.2, -0.15) is 5.10 Å². The lowest BCUT2D eigenvalue weighted by Gasteiger charge is -2.35. The second-order valence-electron chi connectivity index (χ2n) is 8.51. The van der Waals surface area contributed by atoms with E-state index >= 15 is 0 Å². The van der Waals surface area contributed by atoms with Crippen molar-refractivity contribution >= 4 is 24.1 Å². The number of nitrogens with zero attached hydrogens (tertiary/aromatic N) is 3. The van der Waals surface area contributed by atoms with Gasteiger partial charge in [-0.15, -0.1) is 0 Å². The summed E-state index contributed by atoms with van der Waals surface area (Å²) >= 11 is 0. The van der Waals surface area contributed by atoms with Crippen molar-refractivity contribution in [3.8, 4) is 0 Å². The number of carbonyl (C=O) groups is 1. The van der Waals surface area contributed by atoms with Gasteiger partial charge in [-0.3, -0.25) is 4.79 Å². The lowest BCUT2D eigenvalue weighted by atomic mass is 9.79. The molecule has 0 unspecified atom stereocenters. The Hall–Kier alpha value is -1.87. The molecule has 0 radical (unpaired) electrons. The van der Waals surface area contributed by atoms with Crippen LogP contribution >= 0.6 is 0 Å². The topological polar surface area (TPSA) is 65.7 Å². The quantitative estimate of drug-likeness (QED) is 0.608. The Balaban J connectivity index is 1.77. The summed E-state index contributed by atoms with van der Waals surface area (Å²) in [7, 11) is -0.687. The first-order valence-electron chi connectivity index (χ1n) is 9.04. The third kappa shape index (κ3) is 2.97. The molecule has 2 fully saturated rings. The smallest absolute Gasteiger partial charge is 0.398 e. The van der Waals surface area contributed by atoms with Gasteiger partial charge >= 0.3 is 7.12 Å². The molecule has 1 saturated heterocycles. The van der Waals surface area contributed by atoms with Gasteiger partial charge in [0.2, 0.25) is 5.92 Å². The SMILES string of the molecule is CC(=O)c1cc(C2CC(F)(F)C2)n2nc(B3OC(C)(C)C(C)(C)O3)cc2n1. The molecule has 4 rings (SSSR count). The Morgan fingerprint density at radius 3 is 2.30 bits per heavy atom. The third-order valence-corrected chi connectivity index (χ3v) is 5.84. The van der Waals surface area contributed by atoms with Crippen LogP contribution in [0.3, 0.4) is 0 Å². The fourth-order valence-electron chi connectivity index (χ4n) is 3.44.